The Morgan fingerprint density at radius 2 is 2.21 bits per heavy atom. The zero-order valence-electron chi connectivity index (χ0n) is 11.1. The van der Waals surface area contributed by atoms with Crippen LogP contribution in [0.1, 0.15) is 12.8 Å². The molecule has 1 N–H and O–H groups in total. The van der Waals surface area contributed by atoms with E-state index in [1.54, 1.807) is 0 Å². The van der Waals surface area contributed by atoms with Crippen molar-refractivity contribution in [2.75, 3.05) is 37.8 Å². The van der Waals surface area contributed by atoms with Gasteiger partial charge in [0, 0.05) is 13.2 Å². The molecular formula is C15H21NO3. The molecule has 2 aliphatic rings. The molecule has 19 heavy (non-hydrogen) atoms. The topological polar surface area (TPSA) is 41.9 Å². The summed E-state index contributed by atoms with van der Waals surface area (Å²) >= 11 is 0. The smallest absolute Gasteiger partial charge is 0.143 e. The lowest BCUT2D eigenvalue weighted by Gasteiger charge is -2.38. The maximum absolute atomic E-state index is 9.36. The Morgan fingerprint density at radius 3 is 3.00 bits per heavy atom. The fraction of sp³-hybridized carbons (Fsp3) is 0.600. The van der Waals surface area contributed by atoms with Crippen LogP contribution in [0.3, 0.4) is 0 Å². The molecule has 0 unspecified atom stereocenters. The molecule has 0 radical (unpaired) electrons. The van der Waals surface area contributed by atoms with Crippen LogP contribution >= 0.6 is 0 Å². The summed E-state index contributed by atoms with van der Waals surface area (Å²) in [6.45, 7) is 3.55. The van der Waals surface area contributed by atoms with Gasteiger partial charge in [-0.05, 0) is 30.9 Å². The van der Waals surface area contributed by atoms with Gasteiger partial charge in [-0.1, -0.05) is 12.1 Å². The average Bonchev–Trinajstić information content (AvgIpc) is 2.48. The van der Waals surface area contributed by atoms with Gasteiger partial charge in [0.05, 0.1) is 25.4 Å². The van der Waals surface area contributed by atoms with Crippen LogP contribution in [0.5, 0.6) is 5.75 Å². The van der Waals surface area contributed by atoms with Gasteiger partial charge in [-0.3, -0.25) is 0 Å². The van der Waals surface area contributed by atoms with E-state index in [4.69, 9.17) is 9.47 Å². The first-order chi connectivity index (χ1) is 9.36. The Kier molecular flexibility index (Phi) is 3.89. The van der Waals surface area contributed by atoms with Crippen molar-refractivity contribution in [1.29, 1.82) is 0 Å². The van der Waals surface area contributed by atoms with Gasteiger partial charge in [-0.15, -0.1) is 0 Å². The first-order valence-corrected chi connectivity index (χ1v) is 7.06. The summed E-state index contributed by atoms with van der Waals surface area (Å²) in [6.07, 6.45) is 2.25. The molecule has 3 rings (SSSR count). The molecule has 4 heteroatoms. The number of aliphatic hydroxyl groups excluding tert-OH is 1. The summed E-state index contributed by atoms with van der Waals surface area (Å²) in [7, 11) is 0. The quantitative estimate of drug-likeness (QED) is 0.901. The van der Waals surface area contributed by atoms with E-state index in [9.17, 15) is 5.11 Å². The van der Waals surface area contributed by atoms with E-state index < -0.39 is 0 Å². The standard InChI is InChI=1S/C15H21NO3/c17-10-13-9-16(8-12-4-3-7-18-11-12)14-5-1-2-6-15(14)19-13/h1-2,5-6,12-13,17H,3-4,7-11H2/t12-,13+/m1/s1. The van der Waals surface area contributed by atoms with Crippen molar-refractivity contribution in [3.63, 3.8) is 0 Å². The van der Waals surface area contributed by atoms with Crippen molar-refractivity contribution >= 4 is 5.69 Å². The van der Waals surface area contributed by atoms with Gasteiger partial charge in [-0.2, -0.15) is 0 Å². The number of nitrogens with zero attached hydrogens (tertiary/aromatic N) is 1. The van der Waals surface area contributed by atoms with E-state index in [2.05, 4.69) is 11.0 Å². The largest absolute Gasteiger partial charge is 0.484 e. The summed E-state index contributed by atoms with van der Waals surface area (Å²) in [5.74, 6) is 1.46. The second kappa shape index (κ2) is 5.80. The van der Waals surface area contributed by atoms with E-state index in [0.717, 1.165) is 44.2 Å². The van der Waals surface area contributed by atoms with Gasteiger partial charge in [0.25, 0.3) is 0 Å². The van der Waals surface area contributed by atoms with Gasteiger partial charge < -0.3 is 19.5 Å². The van der Waals surface area contributed by atoms with Crippen LogP contribution in [0.25, 0.3) is 0 Å². The minimum Gasteiger partial charge on any atom is -0.484 e. The second-order valence-electron chi connectivity index (χ2n) is 5.38. The zero-order valence-corrected chi connectivity index (χ0v) is 11.1. The van der Waals surface area contributed by atoms with Crippen molar-refractivity contribution in [2.24, 2.45) is 5.92 Å². The van der Waals surface area contributed by atoms with Gasteiger partial charge in [0.1, 0.15) is 11.9 Å². The highest BCUT2D eigenvalue weighted by molar-refractivity contribution is 5.60. The number of fused-ring (bicyclic) bond motifs is 1. The lowest BCUT2D eigenvalue weighted by molar-refractivity contribution is 0.0544. The first-order valence-electron chi connectivity index (χ1n) is 7.06. The molecule has 0 bridgehead atoms. The van der Waals surface area contributed by atoms with Crippen LogP contribution in [0.15, 0.2) is 24.3 Å². The second-order valence-corrected chi connectivity index (χ2v) is 5.38. The maximum atomic E-state index is 9.36. The number of hydrogen-bond acceptors (Lipinski definition) is 4. The van der Waals surface area contributed by atoms with Crippen molar-refractivity contribution in [2.45, 2.75) is 18.9 Å². The minimum atomic E-state index is -0.126. The van der Waals surface area contributed by atoms with Gasteiger partial charge in [0.2, 0.25) is 0 Å². The van der Waals surface area contributed by atoms with Crippen LogP contribution in [-0.4, -0.2) is 44.1 Å². The molecule has 2 heterocycles. The molecule has 0 aromatic heterocycles. The summed E-state index contributed by atoms with van der Waals surface area (Å²) in [5, 5.41) is 9.36. The number of anilines is 1. The monoisotopic (exact) mass is 263 g/mol. The van der Waals surface area contributed by atoms with Crippen LogP contribution in [0, 0.1) is 5.92 Å². The Balaban J connectivity index is 1.75. The fourth-order valence-corrected chi connectivity index (χ4v) is 2.91. The van der Waals surface area contributed by atoms with Crippen LogP contribution < -0.4 is 9.64 Å². The Hall–Kier alpha value is -1.26. The van der Waals surface area contributed by atoms with Crippen LogP contribution in [0.4, 0.5) is 5.69 Å². The molecule has 2 atom stereocenters. The third kappa shape index (κ3) is 2.85. The van der Waals surface area contributed by atoms with Crippen molar-refractivity contribution < 1.29 is 14.6 Å². The van der Waals surface area contributed by atoms with Crippen LogP contribution in [0.2, 0.25) is 0 Å². The fourth-order valence-electron chi connectivity index (χ4n) is 2.91. The summed E-state index contributed by atoms with van der Waals surface area (Å²) in [5.41, 5.74) is 1.14. The number of benzene rings is 1. The molecule has 0 amide bonds. The molecule has 0 spiro atoms. The van der Waals surface area contributed by atoms with E-state index >= 15 is 0 Å². The third-order valence-electron chi connectivity index (χ3n) is 3.86. The van der Waals surface area contributed by atoms with E-state index in [-0.39, 0.29) is 12.7 Å². The number of ether oxygens (including phenoxy) is 2. The number of aliphatic hydroxyl groups is 1. The minimum absolute atomic E-state index is 0.0615. The van der Waals surface area contributed by atoms with E-state index in [1.165, 1.54) is 6.42 Å². The predicted molar refractivity (Wildman–Crippen MR) is 73.7 cm³/mol. The van der Waals surface area contributed by atoms with Crippen molar-refractivity contribution in [1.82, 2.24) is 0 Å². The lowest BCUT2D eigenvalue weighted by Crippen LogP contribution is -2.45. The molecule has 104 valence electrons. The highest BCUT2D eigenvalue weighted by Crippen LogP contribution is 2.34. The number of hydrogen-bond donors (Lipinski definition) is 1. The molecule has 1 aromatic rings. The summed E-state index contributed by atoms with van der Waals surface area (Å²) in [6, 6.07) is 8.07. The predicted octanol–water partition coefficient (Wildman–Crippen LogP) is 1.67. The molecule has 1 aromatic carbocycles. The number of rotatable bonds is 3. The summed E-state index contributed by atoms with van der Waals surface area (Å²) < 4.78 is 11.3. The zero-order chi connectivity index (χ0) is 13.1. The SMILES string of the molecule is OC[C@@H]1CN(C[C@H]2CCCOC2)c2ccccc2O1. The highest BCUT2D eigenvalue weighted by atomic mass is 16.5. The molecule has 1 saturated heterocycles. The summed E-state index contributed by atoms with van der Waals surface area (Å²) in [4.78, 5) is 2.33. The highest BCUT2D eigenvalue weighted by Gasteiger charge is 2.27. The van der Waals surface area contributed by atoms with Gasteiger partial charge >= 0.3 is 0 Å². The Morgan fingerprint density at radius 1 is 1.32 bits per heavy atom. The molecular weight excluding hydrogens is 242 g/mol. The Labute approximate surface area is 113 Å². The van der Waals surface area contributed by atoms with Crippen LogP contribution in [-0.2, 0) is 4.74 Å². The molecule has 0 aliphatic carbocycles. The van der Waals surface area contributed by atoms with E-state index in [0.29, 0.717) is 5.92 Å². The number of para-hydroxylation sites is 2. The maximum Gasteiger partial charge on any atom is 0.143 e. The first kappa shape index (κ1) is 12.8. The average molecular weight is 263 g/mol. The normalized spacial score (nSPS) is 26.7. The molecule has 1 fully saturated rings. The Bertz CT molecular complexity index is 418. The van der Waals surface area contributed by atoms with Gasteiger partial charge in [-0.25, -0.2) is 0 Å². The molecule has 4 nitrogen and oxygen atoms in total. The molecule has 0 saturated carbocycles. The van der Waals surface area contributed by atoms with E-state index in [1.807, 2.05) is 18.2 Å². The molecule has 2 aliphatic heterocycles. The van der Waals surface area contributed by atoms with Gasteiger partial charge in [0.15, 0.2) is 0 Å². The third-order valence-corrected chi connectivity index (χ3v) is 3.86. The lowest BCUT2D eigenvalue weighted by atomic mass is 10.0. The van der Waals surface area contributed by atoms with Crippen molar-refractivity contribution in [3.05, 3.63) is 24.3 Å². The van der Waals surface area contributed by atoms with Crippen molar-refractivity contribution in [3.8, 4) is 5.75 Å².